The lowest BCUT2D eigenvalue weighted by atomic mass is 10.1. The normalized spacial score (nSPS) is 10.4. The van der Waals surface area contributed by atoms with Gasteiger partial charge in [-0.1, -0.05) is 30.3 Å². The molecular weight excluding hydrogens is 276 g/mol. The maximum absolute atomic E-state index is 12.2. The van der Waals surface area contributed by atoms with E-state index in [9.17, 15) is 4.79 Å². The van der Waals surface area contributed by atoms with Gasteiger partial charge < -0.3 is 10.1 Å². The Balaban J connectivity index is 1.77. The Morgan fingerprint density at radius 2 is 1.91 bits per heavy atom. The Morgan fingerprint density at radius 3 is 2.64 bits per heavy atom. The number of rotatable bonds is 4. The molecule has 0 saturated heterocycles. The molecule has 0 spiro atoms. The van der Waals surface area contributed by atoms with Gasteiger partial charge in [0.15, 0.2) is 0 Å². The number of amides is 1. The summed E-state index contributed by atoms with van der Waals surface area (Å²) < 4.78 is 5.26. The maximum atomic E-state index is 12.2. The number of nitrogens with one attached hydrogen (secondary N) is 1. The van der Waals surface area contributed by atoms with Crippen LogP contribution in [0.3, 0.4) is 0 Å². The van der Waals surface area contributed by atoms with Crippen LogP contribution in [0.5, 0.6) is 5.88 Å². The third kappa shape index (κ3) is 3.06. The summed E-state index contributed by atoms with van der Waals surface area (Å²) in [6.07, 6.45) is 1.52. The van der Waals surface area contributed by atoms with E-state index in [-0.39, 0.29) is 5.91 Å². The van der Waals surface area contributed by atoms with Crippen LogP contribution in [0.25, 0.3) is 10.8 Å². The standard InChI is InChI=1S/C18H16N2O2/c1-2-22-17-10-8-15(12-19-17)18(21)20-16-9-7-13-5-3-4-6-14(13)11-16/h3-12H,2H2,1H3,(H,20,21). The number of aromatic nitrogens is 1. The molecule has 3 aromatic rings. The molecule has 1 N–H and O–H groups in total. The van der Waals surface area contributed by atoms with Crippen LogP contribution in [0.1, 0.15) is 17.3 Å². The zero-order valence-corrected chi connectivity index (χ0v) is 12.2. The summed E-state index contributed by atoms with van der Waals surface area (Å²) in [4.78, 5) is 16.3. The average Bonchev–Trinajstić information content (AvgIpc) is 2.56. The number of ether oxygens (including phenoxy) is 1. The van der Waals surface area contributed by atoms with Crippen molar-refractivity contribution in [1.82, 2.24) is 4.98 Å². The lowest BCUT2D eigenvalue weighted by molar-refractivity contribution is 0.102. The first-order chi connectivity index (χ1) is 10.8. The zero-order valence-electron chi connectivity index (χ0n) is 12.2. The molecule has 0 unspecified atom stereocenters. The number of pyridine rings is 1. The van der Waals surface area contributed by atoms with Crippen molar-refractivity contribution in [2.24, 2.45) is 0 Å². The predicted molar refractivity (Wildman–Crippen MR) is 87.3 cm³/mol. The number of carbonyl (C=O) groups is 1. The second kappa shape index (κ2) is 6.26. The van der Waals surface area contributed by atoms with Gasteiger partial charge in [-0.15, -0.1) is 0 Å². The van der Waals surface area contributed by atoms with Crippen LogP contribution in [-0.2, 0) is 0 Å². The Hall–Kier alpha value is -2.88. The van der Waals surface area contributed by atoms with Crippen molar-refractivity contribution in [3.05, 3.63) is 66.4 Å². The van der Waals surface area contributed by atoms with Crippen molar-refractivity contribution < 1.29 is 9.53 Å². The molecule has 4 heteroatoms. The largest absolute Gasteiger partial charge is 0.478 e. The molecule has 4 nitrogen and oxygen atoms in total. The van der Waals surface area contributed by atoms with Crippen molar-refractivity contribution in [3.8, 4) is 5.88 Å². The topological polar surface area (TPSA) is 51.2 Å². The van der Waals surface area contributed by atoms with E-state index in [0.717, 1.165) is 16.5 Å². The van der Waals surface area contributed by atoms with E-state index in [2.05, 4.69) is 10.3 Å². The average molecular weight is 292 g/mol. The van der Waals surface area contributed by atoms with Gasteiger partial charge in [-0.2, -0.15) is 0 Å². The Kier molecular flexibility index (Phi) is 4.01. The molecular formula is C18H16N2O2. The molecule has 1 heterocycles. The molecule has 0 aliphatic heterocycles. The summed E-state index contributed by atoms with van der Waals surface area (Å²) in [5, 5.41) is 5.11. The Morgan fingerprint density at radius 1 is 1.09 bits per heavy atom. The molecule has 2 aromatic carbocycles. The predicted octanol–water partition coefficient (Wildman–Crippen LogP) is 3.89. The van der Waals surface area contributed by atoms with Gasteiger partial charge in [-0.05, 0) is 35.9 Å². The summed E-state index contributed by atoms with van der Waals surface area (Å²) in [6, 6.07) is 17.3. The molecule has 0 saturated carbocycles. The first-order valence-corrected chi connectivity index (χ1v) is 7.15. The molecule has 0 radical (unpaired) electrons. The van der Waals surface area contributed by atoms with Gasteiger partial charge in [-0.3, -0.25) is 4.79 Å². The maximum Gasteiger partial charge on any atom is 0.257 e. The smallest absolute Gasteiger partial charge is 0.257 e. The van der Waals surface area contributed by atoms with Gasteiger partial charge in [0.2, 0.25) is 5.88 Å². The van der Waals surface area contributed by atoms with Crippen LogP contribution in [0.4, 0.5) is 5.69 Å². The number of hydrogen-bond donors (Lipinski definition) is 1. The third-order valence-electron chi connectivity index (χ3n) is 3.30. The van der Waals surface area contributed by atoms with Gasteiger partial charge >= 0.3 is 0 Å². The summed E-state index contributed by atoms with van der Waals surface area (Å²) >= 11 is 0. The minimum Gasteiger partial charge on any atom is -0.478 e. The highest BCUT2D eigenvalue weighted by Gasteiger charge is 2.07. The van der Waals surface area contributed by atoms with Crippen LogP contribution < -0.4 is 10.1 Å². The van der Waals surface area contributed by atoms with Crippen molar-refractivity contribution in [1.29, 1.82) is 0 Å². The molecule has 0 aliphatic carbocycles. The highest BCUT2D eigenvalue weighted by Crippen LogP contribution is 2.19. The third-order valence-corrected chi connectivity index (χ3v) is 3.30. The number of nitrogens with zero attached hydrogens (tertiary/aromatic N) is 1. The monoisotopic (exact) mass is 292 g/mol. The van der Waals surface area contributed by atoms with E-state index < -0.39 is 0 Å². The molecule has 1 aromatic heterocycles. The van der Waals surface area contributed by atoms with Crippen LogP contribution >= 0.6 is 0 Å². The summed E-state index contributed by atoms with van der Waals surface area (Å²) in [7, 11) is 0. The van der Waals surface area contributed by atoms with Crippen molar-refractivity contribution in [3.63, 3.8) is 0 Å². The summed E-state index contributed by atoms with van der Waals surface area (Å²) in [5.41, 5.74) is 1.26. The number of anilines is 1. The second-order valence-corrected chi connectivity index (χ2v) is 4.83. The minimum absolute atomic E-state index is 0.189. The van der Waals surface area contributed by atoms with Gasteiger partial charge in [0.05, 0.1) is 12.2 Å². The molecule has 0 atom stereocenters. The van der Waals surface area contributed by atoms with Crippen LogP contribution in [0.2, 0.25) is 0 Å². The lowest BCUT2D eigenvalue weighted by Gasteiger charge is -2.07. The highest BCUT2D eigenvalue weighted by molar-refractivity contribution is 6.05. The quantitative estimate of drug-likeness (QED) is 0.793. The minimum atomic E-state index is -0.189. The van der Waals surface area contributed by atoms with Crippen LogP contribution in [0.15, 0.2) is 60.8 Å². The molecule has 110 valence electrons. The first kappa shape index (κ1) is 14.1. The van der Waals surface area contributed by atoms with E-state index in [1.165, 1.54) is 6.20 Å². The Bertz CT molecular complexity index is 798. The molecule has 1 amide bonds. The number of benzene rings is 2. The highest BCUT2D eigenvalue weighted by atomic mass is 16.5. The van der Waals surface area contributed by atoms with E-state index in [1.54, 1.807) is 12.1 Å². The van der Waals surface area contributed by atoms with E-state index in [0.29, 0.717) is 18.1 Å². The molecule has 0 bridgehead atoms. The van der Waals surface area contributed by atoms with E-state index >= 15 is 0 Å². The SMILES string of the molecule is CCOc1ccc(C(=O)Nc2ccc3ccccc3c2)cn1. The van der Waals surface area contributed by atoms with E-state index in [1.807, 2.05) is 49.4 Å². The van der Waals surface area contributed by atoms with Gasteiger partial charge in [0.1, 0.15) is 0 Å². The molecule has 3 rings (SSSR count). The molecule has 0 fully saturated rings. The van der Waals surface area contributed by atoms with Gasteiger partial charge in [0.25, 0.3) is 5.91 Å². The summed E-state index contributed by atoms with van der Waals surface area (Å²) in [5.74, 6) is 0.329. The fourth-order valence-electron chi connectivity index (χ4n) is 2.22. The van der Waals surface area contributed by atoms with E-state index in [4.69, 9.17) is 4.74 Å². The van der Waals surface area contributed by atoms with Crippen molar-refractivity contribution >= 4 is 22.4 Å². The van der Waals surface area contributed by atoms with Crippen LogP contribution in [0, 0.1) is 0 Å². The number of carbonyl (C=O) groups excluding carboxylic acids is 1. The Labute approximate surface area is 128 Å². The molecule has 0 aliphatic rings. The van der Waals surface area contributed by atoms with Crippen molar-refractivity contribution in [2.45, 2.75) is 6.92 Å². The van der Waals surface area contributed by atoms with Gasteiger partial charge in [0, 0.05) is 18.0 Å². The summed E-state index contributed by atoms with van der Waals surface area (Å²) in [6.45, 7) is 2.44. The fraction of sp³-hybridized carbons (Fsp3) is 0.111. The fourth-order valence-corrected chi connectivity index (χ4v) is 2.22. The molecule has 22 heavy (non-hydrogen) atoms. The second-order valence-electron chi connectivity index (χ2n) is 4.83. The van der Waals surface area contributed by atoms with Gasteiger partial charge in [-0.25, -0.2) is 4.98 Å². The zero-order chi connectivity index (χ0) is 15.4. The first-order valence-electron chi connectivity index (χ1n) is 7.15. The lowest BCUT2D eigenvalue weighted by Crippen LogP contribution is -2.12. The van der Waals surface area contributed by atoms with Crippen LogP contribution in [-0.4, -0.2) is 17.5 Å². The number of hydrogen-bond acceptors (Lipinski definition) is 3. The number of fused-ring (bicyclic) bond motifs is 1. The van der Waals surface area contributed by atoms with Crippen molar-refractivity contribution in [2.75, 3.05) is 11.9 Å².